The molecule has 8 heteroatoms. The van der Waals surface area contributed by atoms with Crippen LogP contribution in [0.2, 0.25) is 0 Å². The van der Waals surface area contributed by atoms with Gasteiger partial charge >= 0.3 is 0 Å². The van der Waals surface area contributed by atoms with Gasteiger partial charge < -0.3 is 14.6 Å². The number of amides is 1. The summed E-state index contributed by atoms with van der Waals surface area (Å²) in [4.78, 5) is 25.1. The van der Waals surface area contributed by atoms with E-state index in [0.29, 0.717) is 24.8 Å². The Morgan fingerprint density at radius 2 is 2.04 bits per heavy atom. The lowest BCUT2D eigenvalue weighted by atomic mass is 9.96. The molecule has 0 bridgehead atoms. The summed E-state index contributed by atoms with van der Waals surface area (Å²) in [6.07, 6.45) is 5.98. The first-order valence-electron chi connectivity index (χ1n) is 9.66. The Bertz CT molecular complexity index is 930. The Balaban J connectivity index is 1.37. The third-order valence-corrected chi connectivity index (χ3v) is 5.69. The molecule has 2 atom stereocenters. The average Bonchev–Trinajstić information content (AvgIpc) is 3.28. The number of carbonyl (C=O) groups is 1. The van der Waals surface area contributed by atoms with Crippen LogP contribution < -0.4 is 10.9 Å². The maximum absolute atomic E-state index is 12.8. The zero-order valence-corrected chi connectivity index (χ0v) is 15.0. The molecule has 2 aromatic heterocycles. The van der Waals surface area contributed by atoms with Gasteiger partial charge in [0.1, 0.15) is 11.8 Å². The number of fused-ring (bicyclic) bond motifs is 1. The number of hydrogen-bond acceptors (Lipinski definition) is 6. The van der Waals surface area contributed by atoms with E-state index in [1.54, 1.807) is 6.07 Å². The number of ether oxygens (including phenoxy) is 1. The maximum Gasteiger partial charge on any atom is 0.274 e. The summed E-state index contributed by atoms with van der Waals surface area (Å²) in [6, 6.07) is 2.73. The Morgan fingerprint density at radius 1 is 1.19 bits per heavy atom. The fraction of sp³-hybridized carbons (Fsp3) is 0.579. The van der Waals surface area contributed by atoms with Gasteiger partial charge in [0.15, 0.2) is 5.69 Å². The van der Waals surface area contributed by atoms with E-state index in [9.17, 15) is 9.59 Å². The fourth-order valence-corrected chi connectivity index (χ4v) is 4.00. The van der Waals surface area contributed by atoms with Gasteiger partial charge in [-0.15, -0.1) is 0 Å². The topological polar surface area (TPSA) is 99.2 Å². The van der Waals surface area contributed by atoms with Crippen molar-refractivity contribution in [2.45, 2.75) is 56.5 Å². The monoisotopic (exact) mass is 370 g/mol. The van der Waals surface area contributed by atoms with Gasteiger partial charge in [0.05, 0.1) is 24.9 Å². The van der Waals surface area contributed by atoms with Gasteiger partial charge in [-0.1, -0.05) is 5.16 Å². The van der Waals surface area contributed by atoms with Crippen molar-refractivity contribution in [2.24, 2.45) is 0 Å². The molecular formula is C19H22N4O4. The van der Waals surface area contributed by atoms with Crippen LogP contribution in [-0.2, 0) is 17.6 Å². The van der Waals surface area contributed by atoms with Gasteiger partial charge in [-0.25, -0.2) is 4.68 Å². The number of hydrogen-bond donors (Lipinski definition) is 1. The predicted molar refractivity (Wildman–Crippen MR) is 94.7 cm³/mol. The Hall–Kier alpha value is -2.48. The van der Waals surface area contributed by atoms with Gasteiger partial charge in [0.25, 0.3) is 11.5 Å². The normalized spacial score (nSPS) is 24.6. The minimum absolute atomic E-state index is 0.173. The molecule has 2 fully saturated rings. The Kier molecular flexibility index (Phi) is 4.07. The molecule has 0 aromatic carbocycles. The van der Waals surface area contributed by atoms with Crippen molar-refractivity contribution < 1.29 is 14.1 Å². The summed E-state index contributed by atoms with van der Waals surface area (Å²) in [5, 5.41) is 11.5. The number of nitrogens with one attached hydrogen (secondary N) is 1. The number of carbonyl (C=O) groups excluding carboxylic acids is 1. The average molecular weight is 370 g/mol. The Morgan fingerprint density at radius 3 is 2.89 bits per heavy atom. The second kappa shape index (κ2) is 6.60. The lowest BCUT2D eigenvalue weighted by molar-refractivity contribution is 0.0914. The molecule has 0 radical (unpaired) electrons. The number of rotatable bonds is 4. The molecular weight excluding hydrogens is 348 g/mol. The highest BCUT2D eigenvalue weighted by Crippen LogP contribution is 2.38. The molecule has 1 amide bonds. The molecule has 1 saturated heterocycles. The van der Waals surface area contributed by atoms with Gasteiger partial charge in [0, 0.05) is 24.0 Å². The largest absolute Gasteiger partial charge is 0.377 e. The predicted octanol–water partition coefficient (Wildman–Crippen LogP) is 1.36. The first kappa shape index (κ1) is 16.7. The molecule has 2 unspecified atom stereocenters. The van der Waals surface area contributed by atoms with Crippen LogP contribution in [0.3, 0.4) is 0 Å². The highest BCUT2D eigenvalue weighted by molar-refractivity contribution is 5.94. The van der Waals surface area contributed by atoms with Crippen LogP contribution >= 0.6 is 0 Å². The second-order valence-corrected chi connectivity index (χ2v) is 7.64. The van der Waals surface area contributed by atoms with Gasteiger partial charge in [-0.3, -0.25) is 9.59 Å². The van der Waals surface area contributed by atoms with E-state index in [2.05, 4.69) is 15.6 Å². The molecule has 1 aliphatic heterocycles. The van der Waals surface area contributed by atoms with E-state index in [0.717, 1.165) is 55.5 Å². The Labute approximate surface area is 155 Å². The number of aryl methyl sites for hydroxylation is 1. The fourth-order valence-electron chi connectivity index (χ4n) is 4.00. The molecule has 3 heterocycles. The first-order chi connectivity index (χ1) is 13.2. The van der Waals surface area contributed by atoms with Crippen molar-refractivity contribution in [2.75, 3.05) is 13.2 Å². The standard InChI is InChI=1S/C19H22N4O4/c24-17-8-7-13(11-5-6-11)21-23(17)15-10-26-9-14(15)20-19(25)18-12-3-1-2-4-16(12)27-22-18/h7-8,11,14-15H,1-6,9-10H2,(H,20,25). The lowest BCUT2D eigenvalue weighted by Gasteiger charge is -2.20. The van der Waals surface area contributed by atoms with E-state index in [1.165, 1.54) is 4.68 Å². The molecule has 0 spiro atoms. The zero-order valence-electron chi connectivity index (χ0n) is 15.0. The van der Waals surface area contributed by atoms with Crippen LogP contribution in [0, 0.1) is 0 Å². The van der Waals surface area contributed by atoms with Crippen LogP contribution in [0.25, 0.3) is 0 Å². The summed E-state index contributed by atoms with van der Waals surface area (Å²) < 4.78 is 12.4. The quantitative estimate of drug-likeness (QED) is 0.872. The van der Waals surface area contributed by atoms with E-state index in [1.807, 2.05) is 6.07 Å². The van der Waals surface area contributed by atoms with Crippen LogP contribution in [0.5, 0.6) is 0 Å². The van der Waals surface area contributed by atoms with E-state index >= 15 is 0 Å². The molecule has 142 valence electrons. The lowest BCUT2D eigenvalue weighted by Crippen LogP contribution is -2.44. The SMILES string of the molecule is O=C(NC1COCC1n1nc(C2CC2)ccc1=O)c1noc2c1CCCC2. The molecule has 5 rings (SSSR count). The number of aromatic nitrogens is 3. The minimum Gasteiger partial charge on any atom is -0.377 e. The molecule has 3 aliphatic rings. The molecule has 27 heavy (non-hydrogen) atoms. The van der Waals surface area contributed by atoms with Crippen molar-refractivity contribution >= 4 is 5.91 Å². The second-order valence-electron chi connectivity index (χ2n) is 7.64. The molecule has 8 nitrogen and oxygen atoms in total. The van der Waals surface area contributed by atoms with Crippen molar-refractivity contribution in [1.82, 2.24) is 20.3 Å². The van der Waals surface area contributed by atoms with Gasteiger partial charge in [-0.2, -0.15) is 5.10 Å². The third-order valence-electron chi connectivity index (χ3n) is 5.69. The summed E-state index contributed by atoms with van der Waals surface area (Å²) in [6.45, 7) is 0.696. The van der Waals surface area contributed by atoms with E-state index in [4.69, 9.17) is 9.26 Å². The minimum atomic E-state index is -0.326. The summed E-state index contributed by atoms with van der Waals surface area (Å²) in [5.41, 5.74) is 2.05. The van der Waals surface area contributed by atoms with Crippen molar-refractivity contribution in [1.29, 1.82) is 0 Å². The maximum atomic E-state index is 12.8. The van der Waals surface area contributed by atoms with Crippen LogP contribution in [0.1, 0.15) is 65.1 Å². The van der Waals surface area contributed by atoms with Crippen LogP contribution in [0.15, 0.2) is 21.5 Å². The highest BCUT2D eigenvalue weighted by atomic mass is 16.5. The first-order valence-corrected chi connectivity index (χ1v) is 9.66. The van der Waals surface area contributed by atoms with Crippen molar-refractivity contribution in [3.8, 4) is 0 Å². The molecule has 2 aliphatic carbocycles. The number of nitrogens with zero attached hydrogens (tertiary/aromatic N) is 3. The highest BCUT2D eigenvalue weighted by Gasteiger charge is 2.35. The third kappa shape index (κ3) is 3.07. The van der Waals surface area contributed by atoms with Gasteiger partial charge in [-0.05, 0) is 38.2 Å². The smallest absolute Gasteiger partial charge is 0.274 e. The zero-order chi connectivity index (χ0) is 18.4. The van der Waals surface area contributed by atoms with Crippen molar-refractivity contribution in [3.63, 3.8) is 0 Å². The van der Waals surface area contributed by atoms with E-state index in [-0.39, 0.29) is 23.6 Å². The summed E-state index contributed by atoms with van der Waals surface area (Å²) >= 11 is 0. The molecule has 2 aromatic rings. The van der Waals surface area contributed by atoms with Gasteiger partial charge in [0.2, 0.25) is 0 Å². The van der Waals surface area contributed by atoms with Crippen LogP contribution in [-0.4, -0.2) is 40.1 Å². The summed E-state index contributed by atoms with van der Waals surface area (Å²) in [5.74, 6) is 1.00. The summed E-state index contributed by atoms with van der Waals surface area (Å²) in [7, 11) is 0. The van der Waals surface area contributed by atoms with Crippen LogP contribution in [0.4, 0.5) is 0 Å². The molecule has 1 N–H and O–H groups in total. The van der Waals surface area contributed by atoms with Crippen molar-refractivity contribution in [3.05, 3.63) is 45.2 Å². The van der Waals surface area contributed by atoms with E-state index < -0.39 is 0 Å². The molecule has 1 saturated carbocycles.